The summed E-state index contributed by atoms with van der Waals surface area (Å²) in [7, 11) is 0. The van der Waals surface area contributed by atoms with E-state index in [2.05, 4.69) is 44.8 Å². The number of benzene rings is 1. The minimum Gasteiger partial charge on any atom is -0.373 e. The van der Waals surface area contributed by atoms with Crippen LogP contribution in [-0.2, 0) is 19.1 Å². The molecular formula is C45H63ClN10O4. The number of anilines is 1. The third-order valence-corrected chi connectivity index (χ3v) is 15.2. The van der Waals surface area contributed by atoms with E-state index in [1.165, 1.54) is 32.1 Å². The minimum absolute atomic E-state index is 0.139. The maximum Gasteiger partial charge on any atom is 0.240 e. The van der Waals surface area contributed by atoms with E-state index in [1.807, 2.05) is 36.5 Å². The standard InChI is InChI=1S/C45H63ClN10O4/c46-35-8-6-34(7-9-35)37(51-41(58)45(47)14-18-55(19-15-45)40-36-10-16-48-39(36)49-32-50-40)11-17-52-20-26-56(27-21-52)42(59)43-12-13-44(29-43,60-31-43)30-53-22-24-54(25-23-53)38(57)28-33-4-2-1-3-5-33/h6-10,16,32-33,37H,1-5,11-15,17-31,47H2,(H,51,58)(H,48,49,50). The van der Waals surface area contributed by atoms with Gasteiger partial charge in [-0.2, -0.15) is 0 Å². The lowest BCUT2D eigenvalue weighted by Crippen LogP contribution is -2.60. The number of piperidine rings is 1. The average molecular weight is 844 g/mol. The number of aromatic nitrogens is 3. The molecule has 0 spiro atoms. The molecule has 6 heterocycles. The third-order valence-electron chi connectivity index (χ3n) is 15.0. The Morgan fingerprint density at radius 2 is 1.58 bits per heavy atom. The summed E-state index contributed by atoms with van der Waals surface area (Å²) in [5.41, 5.74) is 6.96. The number of nitrogens with one attached hydrogen (secondary N) is 2. The first-order chi connectivity index (χ1) is 29.1. The van der Waals surface area contributed by atoms with Crippen LogP contribution in [0.2, 0.25) is 5.02 Å². The van der Waals surface area contributed by atoms with Crippen molar-refractivity contribution in [1.82, 2.24) is 39.9 Å². The number of carbonyl (C=O) groups is 3. The molecular weight excluding hydrogens is 780 g/mol. The number of nitrogens with two attached hydrogens (primary N) is 1. The van der Waals surface area contributed by atoms with Crippen molar-refractivity contribution in [3.8, 4) is 0 Å². The Kier molecular flexibility index (Phi) is 12.1. The largest absolute Gasteiger partial charge is 0.373 e. The summed E-state index contributed by atoms with van der Waals surface area (Å²) >= 11 is 6.27. The van der Waals surface area contributed by atoms with Gasteiger partial charge in [0.05, 0.1) is 34.6 Å². The SMILES string of the molecule is NC1(C(=O)NC(CCN2CCN(C(=O)C34CCC(CN5CCN(C(=O)CC6CCCCC6)CC5)(C3)OC4)CC2)c2ccc(Cl)cc2)CCN(c2ncnc3[nH]ccc23)CC1. The molecule has 6 fully saturated rings. The Balaban J connectivity index is 0.742. The van der Waals surface area contributed by atoms with Gasteiger partial charge in [0.15, 0.2) is 0 Å². The number of H-pyrrole nitrogens is 1. The monoisotopic (exact) mass is 842 g/mol. The number of hydrogen-bond donors (Lipinski definition) is 3. The summed E-state index contributed by atoms with van der Waals surface area (Å²) in [6, 6.07) is 9.44. The van der Waals surface area contributed by atoms with Crippen LogP contribution < -0.4 is 16.0 Å². The van der Waals surface area contributed by atoms with Gasteiger partial charge in [-0.1, -0.05) is 43.0 Å². The highest BCUT2D eigenvalue weighted by Crippen LogP contribution is 2.54. The molecule has 60 heavy (non-hydrogen) atoms. The predicted molar refractivity (Wildman–Crippen MR) is 231 cm³/mol. The average Bonchev–Trinajstić information content (AvgIpc) is 4.01. The number of piperazine rings is 2. The van der Waals surface area contributed by atoms with Crippen molar-refractivity contribution in [2.45, 2.75) is 94.2 Å². The number of fused-ring (bicyclic) bond motifs is 3. The van der Waals surface area contributed by atoms with E-state index in [-0.39, 0.29) is 23.5 Å². The molecule has 9 rings (SSSR count). The quantitative estimate of drug-likeness (QED) is 0.240. The first-order valence-electron chi connectivity index (χ1n) is 22.6. The van der Waals surface area contributed by atoms with Gasteiger partial charge in [0.1, 0.15) is 17.8 Å². The minimum atomic E-state index is -0.998. The van der Waals surface area contributed by atoms with Crippen molar-refractivity contribution in [3.05, 3.63) is 53.4 Å². The number of carbonyl (C=O) groups excluding carboxylic acids is 3. The Morgan fingerprint density at radius 3 is 2.30 bits per heavy atom. The number of aromatic amines is 1. The maximum atomic E-state index is 14.2. The second-order valence-electron chi connectivity index (χ2n) is 18.9. The second kappa shape index (κ2) is 17.5. The molecule has 324 valence electrons. The fourth-order valence-corrected chi connectivity index (χ4v) is 11.3. The highest BCUT2D eigenvalue weighted by atomic mass is 35.5. The summed E-state index contributed by atoms with van der Waals surface area (Å²) in [5, 5.41) is 4.95. The lowest BCUT2D eigenvalue weighted by molar-refractivity contribution is -0.146. The highest BCUT2D eigenvalue weighted by molar-refractivity contribution is 6.30. The summed E-state index contributed by atoms with van der Waals surface area (Å²) < 4.78 is 6.55. The zero-order chi connectivity index (χ0) is 41.3. The van der Waals surface area contributed by atoms with Gasteiger partial charge in [-0.3, -0.25) is 24.2 Å². The first-order valence-corrected chi connectivity index (χ1v) is 23.0. The Hall–Kier alpha value is -3.82. The van der Waals surface area contributed by atoms with Gasteiger partial charge in [-0.25, -0.2) is 9.97 Å². The molecule has 6 aliphatic rings. The number of rotatable bonds is 12. The summed E-state index contributed by atoms with van der Waals surface area (Å²) in [5.74, 6) is 1.88. The Labute approximate surface area is 358 Å². The van der Waals surface area contributed by atoms with E-state index in [0.717, 1.165) is 94.0 Å². The molecule has 2 bridgehead atoms. The van der Waals surface area contributed by atoms with Crippen molar-refractivity contribution in [2.24, 2.45) is 17.1 Å². The molecule has 15 heteroatoms. The van der Waals surface area contributed by atoms with Crippen LogP contribution in [0.15, 0.2) is 42.9 Å². The Bertz CT molecular complexity index is 1970. The van der Waals surface area contributed by atoms with Crippen LogP contribution in [-0.4, -0.2) is 149 Å². The number of nitrogens with zero attached hydrogens (tertiary/aromatic N) is 7. The van der Waals surface area contributed by atoms with Gasteiger partial charge in [-0.15, -0.1) is 0 Å². The van der Waals surface area contributed by atoms with Gasteiger partial charge < -0.3 is 35.5 Å². The molecule has 3 atom stereocenters. The molecule has 0 radical (unpaired) electrons. The smallest absolute Gasteiger partial charge is 0.240 e. The van der Waals surface area contributed by atoms with Crippen LogP contribution in [0.1, 0.15) is 88.7 Å². The van der Waals surface area contributed by atoms with Crippen LogP contribution in [0.5, 0.6) is 0 Å². The second-order valence-corrected chi connectivity index (χ2v) is 19.3. The number of amides is 3. The number of hydrogen-bond acceptors (Lipinski definition) is 10. The maximum absolute atomic E-state index is 14.2. The summed E-state index contributed by atoms with van der Waals surface area (Å²) in [6.45, 7) is 9.63. The van der Waals surface area contributed by atoms with Gasteiger partial charge in [0.25, 0.3) is 0 Å². The van der Waals surface area contributed by atoms with E-state index < -0.39 is 11.0 Å². The van der Waals surface area contributed by atoms with Crippen LogP contribution in [0.4, 0.5) is 5.82 Å². The molecule has 14 nitrogen and oxygen atoms in total. The lowest BCUT2D eigenvalue weighted by Gasteiger charge is -2.40. The predicted octanol–water partition coefficient (Wildman–Crippen LogP) is 4.35. The number of halogens is 1. The Morgan fingerprint density at radius 1 is 0.867 bits per heavy atom. The van der Waals surface area contributed by atoms with Crippen molar-refractivity contribution < 1.29 is 19.1 Å². The molecule has 1 aromatic carbocycles. The summed E-state index contributed by atoms with van der Waals surface area (Å²) in [6.07, 6.45) is 14.7. The van der Waals surface area contributed by atoms with Crippen molar-refractivity contribution in [3.63, 3.8) is 0 Å². The number of ether oxygens (including phenoxy) is 1. The van der Waals surface area contributed by atoms with Crippen LogP contribution in [0.3, 0.4) is 0 Å². The molecule has 2 aromatic heterocycles. The topological polar surface area (TPSA) is 156 Å². The summed E-state index contributed by atoms with van der Waals surface area (Å²) in [4.78, 5) is 64.5. The van der Waals surface area contributed by atoms with Crippen LogP contribution >= 0.6 is 11.6 Å². The molecule has 3 amide bonds. The van der Waals surface area contributed by atoms with Gasteiger partial charge >= 0.3 is 0 Å². The molecule has 4 saturated heterocycles. The van der Waals surface area contributed by atoms with E-state index >= 15 is 0 Å². The molecule has 4 aliphatic heterocycles. The zero-order valence-electron chi connectivity index (χ0n) is 35.1. The molecule has 3 aromatic rings. The van der Waals surface area contributed by atoms with Crippen molar-refractivity contribution >= 4 is 46.2 Å². The first kappa shape index (κ1) is 41.5. The van der Waals surface area contributed by atoms with E-state index in [9.17, 15) is 14.4 Å². The van der Waals surface area contributed by atoms with Gasteiger partial charge in [0, 0.05) is 96.2 Å². The van der Waals surface area contributed by atoms with E-state index in [4.69, 9.17) is 22.1 Å². The van der Waals surface area contributed by atoms with Crippen LogP contribution in [0.25, 0.3) is 11.0 Å². The lowest BCUT2D eigenvalue weighted by atomic mass is 9.85. The molecule has 3 unspecified atom stereocenters. The van der Waals surface area contributed by atoms with Gasteiger partial charge in [-0.05, 0) is 81.0 Å². The molecule has 4 N–H and O–H groups in total. The van der Waals surface area contributed by atoms with Gasteiger partial charge in [0.2, 0.25) is 17.7 Å². The van der Waals surface area contributed by atoms with E-state index in [0.29, 0.717) is 75.3 Å². The van der Waals surface area contributed by atoms with Crippen molar-refractivity contribution in [1.29, 1.82) is 0 Å². The zero-order valence-corrected chi connectivity index (χ0v) is 35.8. The third kappa shape index (κ3) is 8.77. The highest BCUT2D eigenvalue weighted by Gasteiger charge is 2.60. The molecule has 2 aliphatic carbocycles. The van der Waals surface area contributed by atoms with Crippen molar-refractivity contribution in [2.75, 3.05) is 90.0 Å². The fourth-order valence-electron chi connectivity index (χ4n) is 11.1. The fraction of sp³-hybridized carbons (Fsp3) is 0.667. The van der Waals surface area contributed by atoms with E-state index in [1.54, 1.807) is 6.33 Å². The molecule has 2 saturated carbocycles. The van der Waals surface area contributed by atoms with Crippen LogP contribution in [0, 0.1) is 11.3 Å². The normalized spacial score (nSPS) is 27.1.